The fourth-order valence-electron chi connectivity index (χ4n) is 3.42. The van der Waals surface area contributed by atoms with Crippen LogP contribution in [0.5, 0.6) is 0 Å². The molecule has 0 saturated carbocycles. The Morgan fingerprint density at radius 3 is 2.15 bits per heavy atom. The molecule has 0 aliphatic heterocycles. The molecule has 1 heterocycles. The highest BCUT2D eigenvalue weighted by Gasteiger charge is 2.20. The van der Waals surface area contributed by atoms with Gasteiger partial charge in [-0.1, -0.05) is 64.1 Å². The van der Waals surface area contributed by atoms with E-state index in [0.717, 1.165) is 5.52 Å². The minimum Gasteiger partial charge on any atom is -0.309 e. The van der Waals surface area contributed by atoms with E-state index in [9.17, 15) is 4.79 Å². The standard InChI is InChI=1S/C23H29N3O/c1-14(2)17-10-12-18(13-11-17)21(15(3)4)24-16(5)22-25-20-9-7-6-8-19(20)23(27)26-22/h6-16,21,24H,1-5H3,(H,25,26,27)/t16-,21+/m1/s1. The molecule has 142 valence electrons. The zero-order chi connectivity index (χ0) is 19.6. The van der Waals surface area contributed by atoms with Gasteiger partial charge >= 0.3 is 0 Å². The van der Waals surface area contributed by atoms with Crippen molar-refractivity contribution in [2.75, 3.05) is 0 Å². The molecule has 4 heteroatoms. The second-order valence-corrected chi connectivity index (χ2v) is 7.90. The SMILES string of the molecule is CC(C)c1ccc([C@@H](N[C@H](C)c2nc3ccccc3c(=O)[nH]2)C(C)C)cc1. The number of para-hydroxylation sites is 1. The summed E-state index contributed by atoms with van der Waals surface area (Å²) in [6.45, 7) is 10.9. The predicted molar refractivity (Wildman–Crippen MR) is 112 cm³/mol. The van der Waals surface area contributed by atoms with E-state index in [1.54, 1.807) is 6.07 Å². The van der Waals surface area contributed by atoms with Crippen molar-refractivity contribution in [2.45, 2.75) is 52.6 Å². The zero-order valence-corrected chi connectivity index (χ0v) is 16.8. The van der Waals surface area contributed by atoms with Gasteiger partial charge in [0.25, 0.3) is 5.56 Å². The molecule has 0 fully saturated rings. The van der Waals surface area contributed by atoms with Crippen molar-refractivity contribution in [3.8, 4) is 0 Å². The van der Waals surface area contributed by atoms with Crippen molar-refractivity contribution in [1.29, 1.82) is 0 Å². The van der Waals surface area contributed by atoms with Gasteiger partial charge in [-0.2, -0.15) is 0 Å². The van der Waals surface area contributed by atoms with Crippen molar-refractivity contribution < 1.29 is 0 Å². The van der Waals surface area contributed by atoms with E-state index in [0.29, 0.717) is 23.0 Å². The van der Waals surface area contributed by atoms with Crippen LogP contribution in [-0.2, 0) is 0 Å². The first kappa shape index (κ1) is 19.3. The maximum Gasteiger partial charge on any atom is 0.258 e. The molecule has 0 amide bonds. The maximum absolute atomic E-state index is 12.4. The molecule has 2 N–H and O–H groups in total. The summed E-state index contributed by atoms with van der Waals surface area (Å²) in [5.74, 6) is 1.60. The lowest BCUT2D eigenvalue weighted by Crippen LogP contribution is -2.30. The van der Waals surface area contributed by atoms with Crippen molar-refractivity contribution in [1.82, 2.24) is 15.3 Å². The molecule has 0 aliphatic rings. The van der Waals surface area contributed by atoms with Gasteiger partial charge < -0.3 is 10.3 Å². The Hall–Kier alpha value is -2.46. The normalized spacial score (nSPS) is 14.0. The van der Waals surface area contributed by atoms with E-state index in [1.807, 2.05) is 25.1 Å². The van der Waals surface area contributed by atoms with Gasteiger partial charge in [0.05, 0.1) is 16.9 Å². The Balaban J connectivity index is 1.87. The Labute approximate surface area is 161 Å². The van der Waals surface area contributed by atoms with E-state index < -0.39 is 0 Å². The van der Waals surface area contributed by atoms with Gasteiger partial charge in [-0.05, 0) is 42.0 Å². The van der Waals surface area contributed by atoms with Gasteiger partial charge in [0, 0.05) is 6.04 Å². The number of rotatable bonds is 6. The van der Waals surface area contributed by atoms with E-state index in [1.165, 1.54) is 11.1 Å². The summed E-state index contributed by atoms with van der Waals surface area (Å²) < 4.78 is 0. The van der Waals surface area contributed by atoms with Crippen molar-refractivity contribution in [2.24, 2.45) is 5.92 Å². The molecule has 2 aromatic carbocycles. The van der Waals surface area contributed by atoms with Crippen molar-refractivity contribution in [3.05, 3.63) is 75.8 Å². The number of hydrogen-bond donors (Lipinski definition) is 2. The molecule has 2 atom stereocenters. The highest BCUT2D eigenvalue weighted by Crippen LogP contribution is 2.26. The number of nitrogens with one attached hydrogen (secondary N) is 2. The Morgan fingerprint density at radius 1 is 0.889 bits per heavy atom. The molecule has 3 aromatic rings. The molecular weight excluding hydrogens is 334 g/mol. The largest absolute Gasteiger partial charge is 0.309 e. The predicted octanol–water partition coefficient (Wildman–Crippen LogP) is 5.09. The van der Waals surface area contributed by atoms with Crippen LogP contribution < -0.4 is 10.9 Å². The minimum absolute atomic E-state index is 0.0699. The van der Waals surface area contributed by atoms with Gasteiger partial charge in [-0.15, -0.1) is 0 Å². The first-order valence-corrected chi connectivity index (χ1v) is 9.71. The molecule has 0 aliphatic carbocycles. The monoisotopic (exact) mass is 363 g/mol. The first-order chi connectivity index (χ1) is 12.9. The lowest BCUT2D eigenvalue weighted by atomic mass is 9.93. The van der Waals surface area contributed by atoms with E-state index >= 15 is 0 Å². The summed E-state index contributed by atoms with van der Waals surface area (Å²) in [6.07, 6.45) is 0. The topological polar surface area (TPSA) is 57.8 Å². The number of benzene rings is 2. The first-order valence-electron chi connectivity index (χ1n) is 9.71. The third kappa shape index (κ3) is 4.28. The van der Waals surface area contributed by atoms with Crippen LogP contribution in [0.1, 0.15) is 69.6 Å². The number of fused-ring (bicyclic) bond motifs is 1. The van der Waals surface area contributed by atoms with Crippen molar-refractivity contribution in [3.63, 3.8) is 0 Å². The molecular formula is C23H29N3O. The molecule has 1 aromatic heterocycles. The van der Waals surface area contributed by atoms with E-state index in [-0.39, 0.29) is 17.6 Å². The Morgan fingerprint density at radius 2 is 1.52 bits per heavy atom. The van der Waals surface area contributed by atoms with Crippen LogP contribution in [-0.4, -0.2) is 9.97 Å². The lowest BCUT2D eigenvalue weighted by Gasteiger charge is -2.27. The number of aromatic amines is 1. The number of H-pyrrole nitrogens is 1. The minimum atomic E-state index is -0.0911. The second kappa shape index (κ2) is 8.05. The third-order valence-corrected chi connectivity index (χ3v) is 5.10. The second-order valence-electron chi connectivity index (χ2n) is 7.90. The van der Waals surface area contributed by atoms with Crippen molar-refractivity contribution >= 4 is 10.9 Å². The van der Waals surface area contributed by atoms with Gasteiger partial charge in [-0.25, -0.2) is 4.98 Å². The molecule has 0 spiro atoms. The van der Waals surface area contributed by atoms with Crippen LogP contribution >= 0.6 is 0 Å². The fourth-order valence-corrected chi connectivity index (χ4v) is 3.42. The fraction of sp³-hybridized carbons (Fsp3) is 0.391. The zero-order valence-electron chi connectivity index (χ0n) is 16.8. The number of aromatic nitrogens is 2. The van der Waals surface area contributed by atoms with Gasteiger partial charge in [-0.3, -0.25) is 4.79 Å². The summed E-state index contributed by atoms with van der Waals surface area (Å²) in [6, 6.07) is 16.4. The average Bonchev–Trinajstić information content (AvgIpc) is 2.65. The highest BCUT2D eigenvalue weighted by molar-refractivity contribution is 5.77. The smallest absolute Gasteiger partial charge is 0.258 e. The quantitative estimate of drug-likeness (QED) is 0.641. The number of nitrogens with zero attached hydrogens (tertiary/aromatic N) is 1. The molecule has 0 radical (unpaired) electrons. The lowest BCUT2D eigenvalue weighted by molar-refractivity contribution is 0.367. The van der Waals surface area contributed by atoms with Crippen LogP contribution in [0.25, 0.3) is 10.9 Å². The molecule has 3 rings (SSSR count). The van der Waals surface area contributed by atoms with Crippen LogP contribution in [0, 0.1) is 5.92 Å². The summed E-state index contributed by atoms with van der Waals surface area (Å²) in [5, 5.41) is 4.28. The summed E-state index contributed by atoms with van der Waals surface area (Å²) >= 11 is 0. The van der Waals surface area contributed by atoms with Crippen LogP contribution in [0.3, 0.4) is 0 Å². The molecule has 0 unspecified atom stereocenters. The molecule has 0 bridgehead atoms. The third-order valence-electron chi connectivity index (χ3n) is 5.10. The van der Waals surface area contributed by atoms with E-state index in [4.69, 9.17) is 0 Å². The Kier molecular flexibility index (Phi) is 5.76. The number of hydrogen-bond acceptors (Lipinski definition) is 3. The van der Waals surface area contributed by atoms with Crippen LogP contribution in [0.15, 0.2) is 53.3 Å². The summed E-state index contributed by atoms with van der Waals surface area (Å²) in [4.78, 5) is 20.0. The van der Waals surface area contributed by atoms with Gasteiger partial charge in [0.2, 0.25) is 0 Å². The summed E-state index contributed by atoms with van der Waals surface area (Å²) in [5.41, 5.74) is 3.23. The van der Waals surface area contributed by atoms with Gasteiger partial charge in [0.1, 0.15) is 5.82 Å². The highest BCUT2D eigenvalue weighted by atomic mass is 16.1. The van der Waals surface area contributed by atoms with Crippen LogP contribution in [0.2, 0.25) is 0 Å². The maximum atomic E-state index is 12.4. The van der Waals surface area contributed by atoms with E-state index in [2.05, 4.69) is 67.2 Å². The molecule has 0 saturated heterocycles. The molecule has 27 heavy (non-hydrogen) atoms. The Bertz CT molecular complexity index is 957. The van der Waals surface area contributed by atoms with Gasteiger partial charge in [0.15, 0.2) is 0 Å². The summed E-state index contributed by atoms with van der Waals surface area (Å²) in [7, 11) is 0. The average molecular weight is 364 g/mol. The molecule has 4 nitrogen and oxygen atoms in total. The van der Waals surface area contributed by atoms with Crippen LogP contribution in [0.4, 0.5) is 0 Å².